The predicted molar refractivity (Wildman–Crippen MR) is 85.0 cm³/mol. The lowest BCUT2D eigenvalue weighted by Gasteiger charge is -2.24. The number of fused-ring (bicyclic) bond motifs is 1. The Morgan fingerprint density at radius 2 is 2.05 bits per heavy atom. The fourth-order valence-electron chi connectivity index (χ4n) is 3.49. The van der Waals surface area contributed by atoms with Crippen molar-refractivity contribution in [3.8, 4) is 5.75 Å². The van der Waals surface area contributed by atoms with E-state index in [-0.39, 0.29) is 12.0 Å². The number of methoxy groups -OCH3 is 1. The van der Waals surface area contributed by atoms with Crippen molar-refractivity contribution in [2.45, 2.75) is 57.0 Å². The van der Waals surface area contributed by atoms with E-state index >= 15 is 0 Å². The first kappa shape index (κ1) is 15.3. The summed E-state index contributed by atoms with van der Waals surface area (Å²) in [5, 5.41) is 3.54. The van der Waals surface area contributed by atoms with Gasteiger partial charge in [-0.05, 0) is 36.1 Å². The van der Waals surface area contributed by atoms with Crippen LogP contribution in [0.2, 0.25) is 0 Å². The minimum atomic E-state index is -0.376. The molecular weight excluding hydrogens is 278 g/mol. The number of ether oxygens (including phenoxy) is 2. The molecule has 0 amide bonds. The van der Waals surface area contributed by atoms with Crippen molar-refractivity contribution >= 4 is 5.97 Å². The van der Waals surface area contributed by atoms with Crippen LogP contribution >= 0.6 is 0 Å². The highest BCUT2D eigenvalue weighted by molar-refractivity contribution is 5.77. The first-order valence-electron chi connectivity index (χ1n) is 8.37. The van der Waals surface area contributed by atoms with E-state index in [0.717, 1.165) is 37.2 Å². The second-order valence-electron chi connectivity index (χ2n) is 6.28. The summed E-state index contributed by atoms with van der Waals surface area (Å²) in [4.78, 5) is 12.3. The van der Waals surface area contributed by atoms with Gasteiger partial charge < -0.3 is 9.47 Å². The van der Waals surface area contributed by atoms with Gasteiger partial charge in [-0.1, -0.05) is 31.7 Å². The Hall–Kier alpha value is -1.55. The van der Waals surface area contributed by atoms with E-state index in [2.05, 4.69) is 11.4 Å². The third-order valence-corrected chi connectivity index (χ3v) is 4.74. The highest BCUT2D eigenvalue weighted by Gasteiger charge is 2.26. The van der Waals surface area contributed by atoms with Crippen LogP contribution in [-0.4, -0.2) is 25.7 Å². The molecule has 1 saturated carbocycles. The van der Waals surface area contributed by atoms with Crippen LogP contribution in [0.4, 0.5) is 0 Å². The summed E-state index contributed by atoms with van der Waals surface area (Å²) in [6.45, 7) is 0.734. The smallest absolute Gasteiger partial charge is 0.327 e. The van der Waals surface area contributed by atoms with E-state index < -0.39 is 0 Å². The quantitative estimate of drug-likeness (QED) is 0.685. The first-order chi connectivity index (χ1) is 10.8. The van der Waals surface area contributed by atoms with Gasteiger partial charge in [-0.3, -0.25) is 5.32 Å². The third-order valence-electron chi connectivity index (χ3n) is 4.74. The molecule has 1 aliphatic heterocycles. The van der Waals surface area contributed by atoms with Gasteiger partial charge in [-0.15, -0.1) is 0 Å². The molecule has 1 aromatic carbocycles. The number of nitrogens with one attached hydrogen (secondary N) is 1. The highest BCUT2D eigenvalue weighted by atomic mass is 16.5. The van der Waals surface area contributed by atoms with Crippen LogP contribution in [-0.2, 0) is 16.0 Å². The average Bonchev–Trinajstić information content (AvgIpc) is 2.86. The third kappa shape index (κ3) is 3.43. The number of hydrogen-bond acceptors (Lipinski definition) is 4. The SMILES string of the molecule is COC(=O)C(NC1CCCCCC1)c1ccc2c(c1)CCO2. The van der Waals surface area contributed by atoms with Crippen LogP contribution in [0.25, 0.3) is 0 Å². The van der Waals surface area contributed by atoms with Gasteiger partial charge in [0.05, 0.1) is 13.7 Å². The zero-order chi connectivity index (χ0) is 15.4. The molecular formula is C18H25NO3. The number of carbonyl (C=O) groups excluding carboxylic acids is 1. The molecule has 1 aromatic rings. The number of rotatable bonds is 4. The van der Waals surface area contributed by atoms with Gasteiger partial charge in [-0.2, -0.15) is 0 Å². The lowest BCUT2D eigenvalue weighted by Crippen LogP contribution is -2.37. The van der Waals surface area contributed by atoms with E-state index in [0.29, 0.717) is 6.04 Å². The van der Waals surface area contributed by atoms with Gasteiger partial charge in [-0.25, -0.2) is 4.79 Å². The number of carbonyl (C=O) groups is 1. The molecule has 22 heavy (non-hydrogen) atoms. The van der Waals surface area contributed by atoms with Gasteiger partial charge in [0.25, 0.3) is 0 Å². The largest absolute Gasteiger partial charge is 0.493 e. The molecule has 0 aromatic heterocycles. The summed E-state index contributed by atoms with van der Waals surface area (Å²) in [5.41, 5.74) is 2.18. The molecule has 1 heterocycles. The molecule has 0 radical (unpaired) electrons. The van der Waals surface area contributed by atoms with Crippen molar-refractivity contribution < 1.29 is 14.3 Å². The monoisotopic (exact) mass is 303 g/mol. The van der Waals surface area contributed by atoms with Crippen LogP contribution < -0.4 is 10.1 Å². The average molecular weight is 303 g/mol. The summed E-state index contributed by atoms with van der Waals surface area (Å²) in [7, 11) is 1.46. The van der Waals surface area contributed by atoms with Crippen LogP contribution in [0.3, 0.4) is 0 Å². The molecule has 0 saturated heterocycles. The molecule has 1 aliphatic carbocycles. The minimum absolute atomic E-state index is 0.205. The normalized spacial score (nSPS) is 19.9. The van der Waals surface area contributed by atoms with E-state index in [1.54, 1.807) is 0 Å². The van der Waals surface area contributed by atoms with Crippen LogP contribution in [0.1, 0.15) is 55.7 Å². The summed E-state index contributed by atoms with van der Waals surface area (Å²) < 4.78 is 10.6. The zero-order valence-electron chi connectivity index (χ0n) is 13.3. The van der Waals surface area contributed by atoms with Crippen LogP contribution in [0.15, 0.2) is 18.2 Å². The van der Waals surface area contributed by atoms with Crippen LogP contribution in [0.5, 0.6) is 5.75 Å². The van der Waals surface area contributed by atoms with Gasteiger partial charge in [0.15, 0.2) is 0 Å². The van der Waals surface area contributed by atoms with Crippen molar-refractivity contribution in [3.63, 3.8) is 0 Å². The van der Waals surface area contributed by atoms with Gasteiger partial charge in [0.1, 0.15) is 11.8 Å². The topological polar surface area (TPSA) is 47.6 Å². The summed E-state index contributed by atoms with van der Waals surface area (Å²) in [6, 6.07) is 6.07. The number of hydrogen-bond donors (Lipinski definition) is 1. The molecule has 2 aliphatic rings. The van der Waals surface area contributed by atoms with Crippen molar-refractivity contribution in [1.82, 2.24) is 5.32 Å². The number of esters is 1. The molecule has 0 spiro atoms. The summed E-state index contributed by atoms with van der Waals surface area (Å²) >= 11 is 0. The first-order valence-corrected chi connectivity index (χ1v) is 8.37. The molecule has 120 valence electrons. The fraction of sp³-hybridized carbons (Fsp3) is 0.611. The molecule has 1 unspecified atom stereocenters. The van der Waals surface area contributed by atoms with E-state index in [1.807, 2.05) is 12.1 Å². The number of benzene rings is 1. The molecule has 1 fully saturated rings. The van der Waals surface area contributed by atoms with Crippen molar-refractivity contribution in [2.24, 2.45) is 0 Å². The maximum Gasteiger partial charge on any atom is 0.327 e. The highest BCUT2D eigenvalue weighted by Crippen LogP contribution is 2.29. The van der Waals surface area contributed by atoms with Gasteiger partial charge in [0, 0.05) is 12.5 Å². The molecule has 4 nitrogen and oxygen atoms in total. The van der Waals surface area contributed by atoms with E-state index in [1.165, 1.54) is 38.4 Å². The van der Waals surface area contributed by atoms with E-state index in [9.17, 15) is 4.79 Å². The van der Waals surface area contributed by atoms with Crippen molar-refractivity contribution in [2.75, 3.05) is 13.7 Å². The van der Waals surface area contributed by atoms with Gasteiger partial charge >= 0.3 is 5.97 Å². The maximum absolute atomic E-state index is 12.3. The molecule has 1 N–H and O–H groups in total. The fourth-order valence-corrected chi connectivity index (χ4v) is 3.49. The Balaban J connectivity index is 1.78. The summed E-state index contributed by atoms with van der Waals surface area (Å²) in [6.07, 6.45) is 8.28. The molecule has 3 rings (SSSR count). The molecule has 4 heteroatoms. The second-order valence-corrected chi connectivity index (χ2v) is 6.28. The standard InChI is InChI=1S/C18H25NO3/c1-21-18(20)17(19-15-6-4-2-3-5-7-15)14-8-9-16-13(12-14)10-11-22-16/h8-9,12,15,17,19H,2-7,10-11H2,1H3. The Morgan fingerprint density at radius 1 is 1.27 bits per heavy atom. The lowest BCUT2D eigenvalue weighted by molar-refractivity contribution is -0.143. The Kier molecular flexibility index (Phi) is 4.98. The Labute approximate surface area is 132 Å². The Morgan fingerprint density at radius 3 is 2.77 bits per heavy atom. The molecule has 0 bridgehead atoms. The van der Waals surface area contributed by atoms with Gasteiger partial charge in [0.2, 0.25) is 0 Å². The molecule has 1 atom stereocenters. The predicted octanol–water partition coefficient (Wildman–Crippen LogP) is 3.15. The van der Waals surface area contributed by atoms with Crippen LogP contribution in [0, 0.1) is 0 Å². The second kappa shape index (κ2) is 7.14. The Bertz CT molecular complexity index is 521. The van der Waals surface area contributed by atoms with Crippen molar-refractivity contribution in [1.29, 1.82) is 0 Å². The van der Waals surface area contributed by atoms with Crippen molar-refractivity contribution in [3.05, 3.63) is 29.3 Å². The van der Waals surface area contributed by atoms with E-state index in [4.69, 9.17) is 9.47 Å². The summed E-state index contributed by atoms with van der Waals surface area (Å²) in [5.74, 6) is 0.741. The zero-order valence-corrected chi connectivity index (χ0v) is 13.3. The minimum Gasteiger partial charge on any atom is -0.493 e. The lowest BCUT2D eigenvalue weighted by atomic mass is 10.00. The maximum atomic E-state index is 12.3.